The predicted octanol–water partition coefficient (Wildman–Crippen LogP) is 5.09. The van der Waals surface area contributed by atoms with E-state index in [4.69, 9.17) is 11.6 Å². The van der Waals surface area contributed by atoms with Crippen LogP contribution in [0.25, 0.3) is 0 Å². The molecule has 0 radical (unpaired) electrons. The summed E-state index contributed by atoms with van der Waals surface area (Å²) in [5.74, 6) is 0.372. The van der Waals surface area contributed by atoms with Gasteiger partial charge in [0.25, 0.3) is 5.91 Å². The van der Waals surface area contributed by atoms with Crippen molar-refractivity contribution in [3.05, 3.63) is 68.6 Å². The third-order valence-corrected chi connectivity index (χ3v) is 4.37. The SMILES string of the molecule is O=C(c1cc(Br)ccc1Br)N(CCCl)Cc1ccccc1. The van der Waals surface area contributed by atoms with Gasteiger partial charge in [-0.25, -0.2) is 0 Å². The molecule has 0 heterocycles. The van der Waals surface area contributed by atoms with E-state index in [0.717, 1.165) is 14.5 Å². The third-order valence-electron chi connectivity index (χ3n) is 3.02. The number of hydrogen-bond acceptors (Lipinski definition) is 1. The molecule has 0 atom stereocenters. The van der Waals surface area contributed by atoms with Crippen molar-refractivity contribution in [2.24, 2.45) is 0 Å². The van der Waals surface area contributed by atoms with Gasteiger partial charge in [-0.3, -0.25) is 4.79 Å². The van der Waals surface area contributed by atoms with Gasteiger partial charge in [0, 0.05) is 27.9 Å². The van der Waals surface area contributed by atoms with Crippen molar-refractivity contribution in [2.45, 2.75) is 6.54 Å². The van der Waals surface area contributed by atoms with E-state index in [0.29, 0.717) is 24.5 Å². The number of benzene rings is 2. The minimum absolute atomic E-state index is 0.0346. The Kier molecular flexibility index (Phi) is 6.27. The highest BCUT2D eigenvalue weighted by Crippen LogP contribution is 2.23. The number of alkyl halides is 1. The van der Waals surface area contributed by atoms with E-state index in [1.165, 1.54) is 0 Å². The summed E-state index contributed by atoms with van der Waals surface area (Å²) in [6, 6.07) is 15.5. The smallest absolute Gasteiger partial charge is 0.255 e. The number of carbonyl (C=O) groups excluding carboxylic acids is 1. The van der Waals surface area contributed by atoms with E-state index in [-0.39, 0.29) is 5.91 Å². The average molecular weight is 432 g/mol. The minimum Gasteiger partial charge on any atom is -0.333 e. The van der Waals surface area contributed by atoms with Crippen molar-refractivity contribution in [1.82, 2.24) is 4.90 Å². The second-order valence-corrected chi connectivity index (χ2v) is 6.67. The molecule has 0 saturated carbocycles. The maximum atomic E-state index is 12.7. The minimum atomic E-state index is -0.0346. The Morgan fingerprint density at radius 2 is 1.81 bits per heavy atom. The molecule has 110 valence electrons. The molecule has 0 bridgehead atoms. The lowest BCUT2D eigenvalue weighted by atomic mass is 10.1. The molecule has 2 aromatic carbocycles. The summed E-state index contributed by atoms with van der Waals surface area (Å²) in [4.78, 5) is 14.5. The zero-order chi connectivity index (χ0) is 15.2. The lowest BCUT2D eigenvalue weighted by Gasteiger charge is -2.22. The van der Waals surface area contributed by atoms with Gasteiger partial charge in [-0.1, -0.05) is 46.3 Å². The van der Waals surface area contributed by atoms with Crippen LogP contribution in [0.15, 0.2) is 57.5 Å². The van der Waals surface area contributed by atoms with Gasteiger partial charge >= 0.3 is 0 Å². The van der Waals surface area contributed by atoms with E-state index in [1.54, 1.807) is 4.90 Å². The van der Waals surface area contributed by atoms with Crippen LogP contribution in [0.4, 0.5) is 0 Å². The molecule has 2 aromatic rings. The molecule has 0 aromatic heterocycles. The third kappa shape index (κ3) is 4.56. The second-order valence-electron chi connectivity index (χ2n) is 4.53. The molecule has 0 saturated heterocycles. The molecular formula is C16H14Br2ClNO. The number of hydrogen-bond donors (Lipinski definition) is 0. The molecule has 5 heteroatoms. The van der Waals surface area contributed by atoms with E-state index in [2.05, 4.69) is 31.9 Å². The molecule has 0 unspecified atom stereocenters. The monoisotopic (exact) mass is 429 g/mol. The van der Waals surface area contributed by atoms with Crippen molar-refractivity contribution < 1.29 is 4.79 Å². The van der Waals surface area contributed by atoms with Crippen molar-refractivity contribution in [2.75, 3.05) is 12.4 Å². The molecule has 2 rings (SSSR count). The van der Waals surface area contributed by atoms with Gasteiger partial charge in [0.2, 0.25) is 0 Å². The van der Waals surface area contributed by atoms with E-state index in [1.807, 2.05) is 48.5 Å². The van der Waals surface area contributed by atoms with Gasteiger partial charge in [0.15, 0.2) is 0 Å². The maximum Gasteiger partial charge on any atom is 0.255 e. The second kappa shape index (κ2) is 7.97. The molecule has 2 nitrogen and oxygen atoms in total. The zero-order valence-electron chi connectivity index (χ0n) is 11.2. The fourth-order valence-corrected chi connectivity index (χ4v) is 2.97. The van der Waals surface area contributed by atoms with Gasteiger partial charge < -0.3 is 4.90 Å². The highest BCUT2D eigenvalue weighted by Gasteiger charge is 2.18. The topological polar surface area (TPSA) is 20.3 Å². The van der Waals surface area contributed by atoms with Crippen LogP contribution in [0.5, 0.6) is 0 Å². The Morgan fingerprint density at radius 1 is 1.10 bits per heavy atom. The zero-order valence-corrected chi connectivity index (χ0v) is 15.2. The van der Waals surface area contributed by atoms with Gasteiger partial charge in [0.05, 0.1) is 5.56 Å². The first kappa shape index (κ1) is 16.5. The highest BCUT2D eigenvalue weighted by atomic mass is 79.9. The van der Waals surface area contributed by atoms with Crippen LogP contribution < -0.4 is 0 Å². The summed E-state index contributed by atoms with van der Waals surface area (Å²) in [5.41, 5.74) is 1.72. The normalized spacial score (nSPS) is 10.4. The van der Waals surface area contributed by atoms with Crippen LogP contribution in [0.3, 0.4) is 0 Å². The molecule has 0 aliphatic rings. The summed E-state index contributed by atoms with van der Waals surface area (Å²) in [5, 5.41) is 0. The van der Waals surface area contributed by atoms with Gasteiger partial charge in [-0.05, 0) is 39.7 Å². The quantitative estimate of drug-likeness (QED) is 0.604. The van der Waals surface area contributed by atoms with E-state index >= 15 is 0 Å². The summed E-state index contributed by atoms with van der Waals surface area (Å²) in [7, 11) is 0. The average Bonchev–Trinajstić information content (AvgIpc) is 2.49. The Hall–Kier alpha value is -0.840. The van der Waals surface area contributed by atoms with Crippen molar-refractivity contribution >= 4 is 49.4 Å². The fourth-order valence-electron chi connectivity index (χ4n) is 1.99. The standard InChI is InChI=1S/C16H14Br2ClNO/c17-13-6-7-15(18)14(10-13)16(21)20(9-8-19)11-12-4-2-1-3-5-12/h1-7,10H,8-9,11H2. The van der Waals surface area contributed by atoms with Crippen LogP contribution in [-0.4, -0.2) is 23.2 Å². The fraction of sp³-hybridized carbons (Fsp3) is 0.188. The molecule has 0 aliphatic carbocycles. The van der Waals surface area contributed by atoms with E-state index in [9.17, 15) is 4.79 Å². The van der Waals surface area contributed by atoms with Crippen molar-refractivity contribution in [1.29, 1.82) is 0 Å². The van der Waals surface area contributed by atoms with Gasteiger partial charge in [0.1, 0.15) is 0 Å². The lowest BCUT2D eigenvalue weighted by molar-refractivity contribution is 0.0753. The molecule has 0 fully saturated rings. The molecule has 0 aliphatic heterocycles. The Bertz CT molecular complexity index is 619. The van der Waals surface area contributed by atoms with Crippen LogP contribution in [0.1, 0.15) is 15.9 Å². The lowest BCUT2D eigenvalue weighted by Crippen LogP contribution is -2.32. The largest absolute Gasteiger partial charge is 0.333 e. The van der Waals surface area contributed by atoms with Crippen LogP contribution in [0, 0.1) is 0 Å². The molecule has 0 spiro atoms. The maximum absolute atomic E-state index is 12.7. The number of rotatable bonds is 5. The summed E-state index contributed by atoms with van der Waals surface area (Å²) in [6.07, 6.45) is 0. The molecular weight excluding hydrogens is 417 g/mol. The molecule has 21 heavy (non-hydrogen) atoms. The van der Waals surface area contributed by atoms with Crippen molar-refractivity contribution in [3.63, 3.8) is 0 Å². The van der Waals surface area contributed by atoms with Gasteiger partial charge in [-0.15, -0.1) is 11.6 Å². The van der Waals surface area contributed by atoms with Crippen LogP contribution in [-0.2, 0) is 6.54 Å². The first-order valence-electron chi connectivity index (χ1n) is 6.46. The Morgan fingerprint density at radius 3 is 2.48 bits per heavy atom. The number of amides is 1. The van der Waals surface area contributed by atoms with Crippen LogP contribution >= 0.6 is 43.5 Å². The highest BCUT2D eigenvalue weighted by molar-refractivity contribution is 9.11. The first-order chi connectivity index (χ1) is 10.1. The summed E-state index contributed by atoms with van der Waals surface area (Å²) in [6.45, 7) is 1.06. The predicted molar refractivity (Wildman–Crippen MR) is 93.7 cm³/mol. The Balaban J connectivity index is 2.25. The summed E-state index contributed by atoms with van der Waals surface area (Å²) >= 11 is 12.7. The van der Waals surface area contributed by atoms with Crippen molar-refractivity contribution in [3.8, 4) is 0 Å². The summed E-state index contributed by atoms with van der Waals surface area (Å²) < 4.78 is 1.66. The van der Waals surface area contributed by atoms with Crippen LogP contribution in [0.2, 0.25) is 0 Å². The van der Waals surface area contributed by atoms with Gasteiger partial charge in [-0.2, -0.15) is 0 Å². The molecule has 1 amide bonds. The number of nitrogens with zero attached hydrogens (tertiary/aromatic N) is 1. The number of carbonyl (C=O) groups is 1. The van der Waals surface area contributed by atoms with E-state index < -0.39 is 0 Å². The number of halogens is 3. The Labute approximate surface area is 146 Å². The first-order valence-corrected chi connectivity index (χ1v) is 8.58. The molecule has 0 N–H and O–H groups in total.